The Morgan fingerprint density at radius 1 is 1.29 bits per heavy atom. The molecule has 0 aliphatic carbocycles. The molecule has 0 aliphatic rings. The van der Waals surface area contributed by atoms with Crippen molar-refractivity contribution in [1.82, 2.24) is 4.98 Å². The minimum Gasteiger partial charge on any atom is -0.478 e. The second-order valence-electron chi connectivity index (χ2n) is 3.37. The van der Waals surface area contributed by atoms with Crippen molar-refractivity contribution in [2.45, 2.75) is 0 Å². The van der Waals surface area contributed by atoms with E-state index in [-0.39, 0.29) is 5.52 Å². The van der Waals surface area contributed by atoms with E-state index >= 15 is 0 Å². The Labute approximate surface area is 95.0 Å². The molecule has 0 atom stereocenters. The highest BCUT2D eigenvalue weighted by atomic mass is 19.1. The van der Waals surface area contributed by atoms with Gasteiger partial charge in [0.25, 0.3) is 0 Å². The van der Waals surface area contributed by atoms with Gasteiger partial charge in [-0.3, -0.25) is 0 Å². The molecule has 0 spiro atoms. The van der Waals surface area contributed by atoms with E-state index in [1.165, 1.54) is 18.2 Å². The van der Waals surface area contributed by atoms with Gasteiger partial charge in [-0.15, -0.1) is 0 Å². The van der Waals surface area contributed by atoms with Gasteiger partial charge in [-0.25, -0.2) is 18.6 Å². The normalized spacial score (nSPS) is 11.2. The van der Waals surface area contributed by atoms with Crippen molar-refractivity contribution in [3.63, 3.8) is 0 Å². The van der Waals surface area contributed by atoms with Crippen molar-refractivity contribution < 1.29 is 18.7 Å². The summed E-state index contributed by atoms with van der Waals surface area (Å²) in [5.74, 6) is -2.57. The number of fused-ring (bicyclic) bond motifs is 1. The molecule has 0 unspecified atom stereocenters. The summed E-state index contributed by atoms with van der Waals surface area (Å²) in [7, 11) is 0. The number of aliphatic carboxylic acids is 1. The van der Waals surface area contributed by atoms with Crippen molar-refractivity contribution >= 4 is 22.9 Å². The number of hydrogen-bond acceptors (Lipinski definition) is 2. The second kappa shape index (κ2) is 4.29. The standard InChI is InChI=1S/C12H7F2NO2/c13-8-5-7-1-2-9(3-4-11(16)17)15-12(7)10(14)6-8/h1-6H,(H,16,17)/b4-3+. The summed E-state index contributed by atoms with van der Waals surface area (Å²) < 4.78 is 26.3. The van der Waals surface area contributed by atoms with Crippen LogP contribution in [0.4, 0.5) is 8.78 Å². The third kappa shape index (κ3) is 2.44. The number of nitrogens with zero attached hydrogens (tertiary/aromatic N) is 1. The summed E-state index contributed by atoms with van der Waals surface area (Å²) >= 11 is 0. The van der Waals surface area contributed by atoms with Gasteiger partial charge in [0.2, 0.25) is 0 Å². The molecule has 1 heterocycles. The number of carboxylic acids is 1. The number of carboxylic acid groups (broad SMARTS) is 1. The van der Waals surface area contributed by atoms with Crippen LogP contribution in [0.3, 0.4) is 0 Å². The van der Waals surface area contributed by atoms with Gasteiger partial charge in [-0.2, -0.15) is 0 Å². The lowest BCUT2D eigenvalue weighted by molar-refractivity contribution is -0.131. The fourth-order valence-electron chi connectivity index (χ4n) is 1.42. The quantitative estimate of drug-likeness (QED) is 0.814. The number of hydrogen-bond donors (Lipinski definition) is 1. The van der Waals surface area contributed by atoms with Gasteiger partial charge < -0.3 is 5.11 Å². The van der Waals surface area contributed by atoms with E-state index in [1.54, 1.807) is 0 Å². The number of pyridine rings is 1. The van der Waals surface area contributed by atoms with Crippen LogP contribution in [0.15, 0.2) is 30.3 Å². The topological polar surface area (TPSA) is 50.2 Å². The lowest BCUT2D eigenvalue weighted by Crippen LogP contribution is -1.91. The molecule has 0 saturated carbocycles. The first-order chi connectivity index (χ1) is 8.06. The van der Waals surface area contributed by atoms with Crippen LogP contribution in [0.25, 0.3) is 17.0 Å². The van der Waals surface area contributed by atoms with Crippen molar-refractivity contribution in [1.29, 1.82) is 0 Å². The minimum absolute atomic E-state index is 0.0129. The van der Waals surface area contributed by atoms with Crippen molar-refractivity contribution in [3.8, 4) is 0 Å². The smallest absolute Gasteiger partial charge is 0.328 e. The van der Waals surface area contributed by atoms with Crippen LogP contribution in [0.1, 0.15) is 5.69 Å². The van der Waals surface area contributed by atoms with Crippen molar-refractivity contribution in [3.05, 3.63) is 47.7 Å². The number of halogens is 2. The zero-order valence-electron chi connectivity index (χ0n) is 8.52. The van der Waals surface area contributed by atoms with Crippen LogP contribution in [-0.4, -0.2) is 16.1 Å². The molecule has 2 rings (SSSR count). The molecule has 0 saturated heterocycles. The summed E-state index contributed by atoms with van der Waals surface area (Å²) in [5.41, 5.74) is 0.310. The Morgan fingerprint density at radius 2 is 2.06 bits per heavy atom. The predicted molar refractivity (Wildman–Crippen MR) is 58.3 cm³/mol. The van der Waals surface area contributed by atoms with Gasteiger partial charge in [0, 0.05) is 17.5 Å². The number of aromatic nitrogens is 1. The molecular formula is C12H7F2NO2. The SMILES string of the molecule is O=C(O)/C=C/c1ccc2cc(F)cc(F)c2n1. The lowest BCUT2D eigenvalue weighted by atomic mass is 10.2. The van der Waals surface area contributed by atoms with Gasteiger partial charge in [0.15, 0.2) is 5.82 Å². The van der Waals surface area contributed by atoms with Crippen LogP contribution in [0.2, 0.25) is 0 Å². The molecule has 0 fully saturated rings. The van der Waals surface area contributed by atoms with Crippen LogP contribution < -0.4 is 0 Å². The van der Waals surface area contributed by atoms with Crippen LogP contribution in [0, 0.1) is 11.6 Å². The Hall–Kier alpha value is -2.30. The van der Waals surface area contributed by atoms with E-state index in [0.29, 0.717) is 11.1 Å². The molecule has 0 bridgehead atoms. The molecule has 86 valence electrons. The molecule has 0 aliphatic heterocycles. The van der Waals surface area contributed by atoms with E-state index in [0.717, 1.165) is 18.2 Å². The average Bonchev–Trinajstić information content (AvgIpc) is 2.26. The Bertz CT molecular complexity index is 623. The predicted octanol–water partition coefficient (Wildman–Crippen LogP) is 2.61. The summed E-state index contributed by atoms with van der Waals surface area (Å²) in [4.78, 5) is 14.2. The third-order valence-electron chi connectivity index (χ3n) is 2.13. The van der Waals surface area contributed by atoms with Crippen molar-refractivity contribution in [2.24, 2.45) is 0 Å². The fraction of sp³-hybridized carbons (Fsp3) is 0. The monoisotopic (exact) mass is 235 g/mol. The third-order valence-corrected chi connectivity index (χ3v) is 2.13. The first kappa shape index (κ1) is 11.2. The Balaban J connectivity index is 2.54. The zero-order chi connectivity index (χ0) is 12.4. The molecular weight excluding hydrogens is 228 g/mol. The maximum atomic E-state index is 13.4. The fourth-order valence-corrected chi connectivity index (χ4v) is 1.42. The molecule has 17 heavy (non-hydrogen) atoms. The highest BCUT2D eigenvalue weighted by molar-refractivity contribution is 5.86. The molecule has 0 radical (unpaired) electrons. The second-order valence-corrected chi connectivity index (χ2v) is 3.37. The molecule has 1 N–H and O–H groups in total. The lowest BCUT2D eigenvalue weighted by Gasteiger charge is -2.00. The van der Waals surface area contributed by atoms with Crippen LogP contribution >= 0.6 is 0 Å². The summed E-state index contributed by atoms with van der Waals surface area (Å²) in [6.45, 7) is 0. The Morgan fingerprint density at radius 3 is 2.76 bits per heavy atom. The number of rotatable bonds is 2. The largest absolute Gasteiger partial charge is 0.478 e. The first-order valence-electron chi connectivity index (χ1n) is 4.73. The molecule has 3 nitrogen and oxygen atoms in total. The van der Waals surface area contributed by atoms with Gasteiger partial charge in [0.1, 0.15) is 11.3 Å². The maximum Gasteiger partial charge on any atom is 0.328 e. The van der Waals surface area contributed by atoms with E-state index in [4.69, 9.17) is 5.11 Å². The first-order valence-corrected chi connectivity index (χ1v) is 4.73. The maximum absolute atomic E-state index is 13.4. The van der Waals surface area contributed by atoms with E-state index in [2.05, 4.69) is 4.98 Å². The molecule has 1 aromatic carbocycles. The van der Waals surface area contributed by atoms with E-state index in [9.17, 15) is 13.6 Å². The zero-order valence-corrected chi connectivity index (χ0v) is 8.52. The van der Waals surface area contributed by atoms with Crippen molar-refractivity contribution in [2.75, 3.05) is 0 Å². The molecule has 1 aromatic heterocycles. The average molecular weight is 235 g/mol. The van der Waals surface area contributed by atoms with Crippen LogP contribution in [-0.2, 0) is 4.79 Å². The molecule has 0 amide bonds. The summed E-state index contributed by atoms with van der Waals surface area (Å²) in [6, 6.07) is 4.87. The minimum atomic E-state index is -1.12. The van der Waals surface area contributed by atoms with E-state index in [1.807, 2.05) is 0 Å². The number of carbonyl (C=O) groups is 1. The highest BCUT2D eigenvalue weighted by Gasteiger charge is 2.05. The summed E-state index contributed by atoms with van der Waals surface area (Å²) in [6.07, 6.45) is 2.14. The van der Waals surface area contributed by atoms with Crippen LogP contribution in [0.5, 0.6) is 0 Å². The highest BCUT2D eigenvalue weighted by Crippen LogP contribution is 2.18. The van der Waals surface area contributed by atoms with Gasteiger partial charge in [-0.05, 0) is 18.2 Å². The van der Waals surface area contributed by atoms with Gasteiger partial charge >= 0.3 is 5.97 Å². The van der Waals surface area contributed by atoms with Gasteiger partial charge in [-0.1, -0.05) is 6.07 Å². The Kier molecular flexibility index (Phi) is 2.82. The van der Waals surface area contributed by atoms with Gasteiger partial charge in [0.05, 0.1) is 5.69 Å². The number of benzene rings is 1. The summed E-state index contributed by atoms with van der Waals surface area (Å²) in [5, 5.41) is 8.77. The molecule has 2 aromatic rings. The molecule has 5 heteroatoms. The van der Waals surface area contributed by atoms with E-state index < -0.39 is 17.6 Å².